The Morgan fingerprint density at radius 2 is 1.90 bits per heavy atom. The van der Waals surface area contributed by atoms with E-state index < -0.39 is 12.2 Å². The van der Waals surface area contributed by atoms with E-state index in [2.05, 4.69) is 4.98 Å². The molecule has 2 aliphatic rings. The lowest BCUT2D eigenvalue weighted by molar-refractivity contribution is 0.0572. The highest BCUT2D eigenvalue weighted by molar-refractivity contribution is 6.00. The molecule has 20 heavy (non-hydrogen) atoms. The van der Waals surface area contributed by atoms with Crippen molar-refractivity contribution in [1.82, 2.24) is 4.98 Å². The normalized spacial score (nSPS) is 25.6. The van der Waals surface area contributed by atoms with E-state index in [0.29, 0.717) is 24.5 Å². The zero-order valence-electron chi connectivity index (χ0n) is 11.3. The Morgan fingerprint density at radius 3 is 2.55 bits per heavy atom. The third-order valence-electron chi connectivity index (χ3n) is 4.13. The molecule has 1 saturated heterocycles. The summed E-state index contributed by atoms with van der Waals surface area (Å²) in [4.78, 5) is 6.49. The summed E-state index contributed by atoms with van der Waals surface area (Å²) in [6.45, 7) is 0.653. The molecule has 0 bridgehead atoms. The van der Waals surface area contributed by atoms with Gasteiger partial charge in [0.2, 0.25) is 0 Å². The van der Waals surface area contributed by atoms with Crippen LogP contribution in [0.5, 0.6) is 0 Å². The summed E-state index contributed by atoms with van der Waals surface area (Å²) in [7, 11) is 0. The van der Waals surface area contributed by atoms with Crippen LogP contribution < -0.4 is 10.6 Å². The Bertz CT molecular complexity index is 536. The zero-order chi connectivity index (χ0) is 14.3. The minimum atomic E-state index is -0.771. The van der Waals surface area contributed by atoms with Gasteiger partial charge in [-0.3, -0.25) is 5.41 Å². The first-order valence-corrected chi connectivity index (χ1v) is 7.04. The Kier molecular flexibility index (Phi) is 3.35. The zero-order valence-corrected chi connectivity index (χ0v) is 11.3. The van der Waals surface area contributed by atoms with Crippen LogP contribution in [0.1, 0.15) is 29.7 Å². The van der Waals surface area contributed by atoms with Gasteiger partial charge in [0, 0.05) is 18.8 Å². The molecule has 5 N–H and O–H groups in total. The van der Waals surface area contributed by atoms with Gasteiger partial charge in [0.25, 0.3) is 0 Å². The smallest absolute Gasteiger partial charge is 0.140 e. The molecule has 0 aromatic carbocycles. The summed E-state index contributed by atoms with van der Waals surface area (Å²) in [5, 5.41) is 27.1. The largest absolute Gasteiger partial charge is 0.389 e. The first-order chi connectivity index (χ1) is 9.56. The molecule has 1 fully saturated rings. The molecule has 6 nitrogen and oxygen atoms in total. The second kappa shape index (κ2) is 5.03. The lowest BCUT2D eigenvalue weighted by Gasteiger charge is -2.24. The number of aliphatic hydroxyl groups is 2. The lowest BCUT2D eigenvalue weighted by atomic mass is 9.94. The van der Waals surface area contributed by atoms with Crippen molar-refractivity contribution in [2.45, 2.75) is 37.9 Å². The van der Waals surface area contributed by atoms with Crippen LogP contribution in [-0.2, 0) is 12.8 Å². The number of aryl methyl sites for hydroxylation is 2. The van der Waals surface area contributed by atoms with E-state index in [1.807, 2.05) is 11.0 Å². The fourth-order valence-corrected chi connectivity index (χ4v) is 3.00. The van der Waals surface area contributed by atoms with Gasteiger partial charge in [0.1, 0.15) is 11.7 Å². The number of rotatable bonds is 2. The number of hydrogen-bond acceptors (Lipinski definition) is 5. The van der Waals surface area contributed by atoms with Crippen molar-refractivity contribution in [3.05, 3.63) is 22.9 Å². The quantitative estimate of drug-likeness (QED) is 0.441. The highest BCUT2D eigenvalue weighted by Crippen LogP contribution is 2.28. The first-order valence-electron chi connectivity index (χ1n) is 7.04. The average Bonchev–Trinajstić information content (AvgIpc) is 2.77. The van der Waals surface area contributed by atoms with E-state index in [-0.39, 0.29) is 5.84 Å². The van der Waals surface area contributed by atoms with Gasteiger partial charge in [-0.05, 0) is 37.3 Å². The lowest BCUT2D eigenvalue weighted by Crippen LogP contribution is -2.27. The van der Waals surface area contributed by atoms with Crippen molar-refractivity contribution in [1.29, 1.82) is 5.41 Å². The standard InChI is InChI=1S/C14H20N4O2/c15-13(16)9-5-8-3-1-2-4-10(8)17-14(9)18-6-11(19)12(20)7-18/h5,11-12,19-20H,1-4,6-7H2,(H3,15,16). The average molecular weight is 276 g/mol. The second-order valence-electron chi connectivity index (χ2n) is 5.63. The Labute approximate surface area is 117 Å². The van der Waals surface area contributed by atoms with Crippen molar-refractivity contribution in [2.24, 2.45) is 5.73 Å². The van der Waals surface area contributed by atoms with Crippen molar-refractivity contribution >= 4 is 11.7 Å². The van der Waals surface area contributed by atoms with E-state index in [9.17, 15) is 10.2 Å². The summed E-state index contributed by atoms with van der Waals surface area (Å²) >= 11 is 0. The van der Waals surface area contributed by atoms with Crippen LogP contribution in [0.25, 0.3) is 0 Å². The van der Waals surface area contributed by atoms with Crippen molar-refractivity contribution in [3.63, 3.8) is 0 Å². The minimum absolute atomic E-state index is 0.0169. The molecule has 3 rings (SSSR count). The number of β-amino-alcohol motifs (C(OH)–C–C–N with tert-alkyl or cyclic N) is 2. The maximum Gasteiger partial charge on any atom is 0.140 e. The van der Waals surface area contributed by atoms with Gasteiger partial charge >= 0.3 is 0 Å². The van der Waals surface area contributed by atoms with Crippen LogP contribution in [0.4, 0.5) is 5.82 Å². The maximum absolute atomic E-state index is 9.69. The van der Waals surface area contributed by atoms with Crippen LogP contribution in [-0.4, -0.2) is 46.3 Å². The molecule has 108 valence electrons. The molecule has 2 atom stereocenters. The fraction of sp³-hybridized carbons (Fsp3) is 0.571. The Balaban J connectivity index is 2.02. The minimum Gasteiger partial charge on any atom is -0.389 e. The van der Waals surface area contributed by atoms with Gasteiger partial charge in [-0.15, -0.1) is 0 Å². The van der Waals surface area contributed by atoms with Gasteiger partial charge in [-0.1, -0.05) is 0 Å². The highest BCUT2D eigenvalue weighted by atomic mass is 16.3. The van der Waals surface area contributed by atoms with Gasteiger partial charge in [-0.25, -0.2) is 4.98 Å². The van der Waals surface area contributed by atoms with Gasteiger partial charge in [-0.2, -0.15) is 0 Å². The fourth-order valence-electron chi connectivity index (χ4n) is 3.00. The van der Waals surface area contributed by atoms with Crippen LogP contribution >= 0.6 is 0 Å². The number of nitrogens with zero attached hydrogens (tertiary/aromatic N) is 2. The molecular weight excluding hydrogens is 256 g/mol. The number of hydrogen-bond donors (Lipinski definition) is 4. The molecule has 0 amide bonds. The number of aliphatic hydroxyl groups excluding tert-OH is 2. The SMILES string of the molecule is N=C(N)c1cc2c(nc1N1CC(O)C(O)C1)CCCC2. The van der Waals surface area contributed by atoms with E-state index >= 15 is 0 Å². The Morgan fingerprint density at radius 1 is 1.25 bits per heavy atom. The molecule has 2 unspecified atom stereocenters. The predicted octanol–water partition coefficient (Wildman–Crippen LogP) is -0.214. The Hall–Kier alpha value is -1.66. The highest BCUT2D eigenvalue weighted by Gasteiger charge is 2.32. The molecular formula is C14H20N4O2. The second-order valence-corrected chi connectivity index (χ2v) is 5.63. The summed E-state index contributed by atoms with van der Waals surface area (Å²) in [6.07, 6.45) is 2.66. The number of nitrogens with two attached hydrogens (primary N) is 1. The summed E-state index contributed by atoms with van der Waals surface area (Å²) in [5.74, 6) is 0.602. The van der Waals surface area contributed by atoms with Crippen molar-refractivity contribution in [3.8, 4) is 0 Å². The maximum atomic E-state index is 9.69. The number of amidine groups is 1. The van der Waals surface area contributed by atoms with Crippen molar-refractivity contribution < 1.29 is 10.2 Å². The molecule has 6 heteroatoms. The molecule has 2 heterocycles. The summed E-state index contributed by atoms with van der Waals surface area (Å²) < 4.78 is 0. The number of nitrogens with one attached hydrogen (secondary N) is 1. The third-order valence-corrected chi connectivity index (χ3v) is 4.13. The molecule has 1 aromatic rings. The van der Waals surface area contributed by atoms with Crippen LogP contribution in [0.3, 0.4) is 0 Å². The third kappa shape index (κ3) is 2.25. The summed E-state index contributed by atoms with van der Waals surface area (Å²) in [5.41, 5.74) is 8.51. The van der Waals surface area contributed by atoms with E-state index in [1.54, 1.807) is 0 Å². The molecule has 0 radical (unpaired) electrons. The number of aromatic nitrogens is 1. The van der Waals surface area contributed by atoms with Gasteiger partial charge in [0.05, 0.1) is 17.8 Å². The van der Waals surface area contributed by atoms with Crippen LogP contribution in [0, 0.1) is 5.41 Å². The predicted molar refractivity (Wildman–Crippen MR) is 76.1 cm³/mol. The molecule has 0 saturated carbocycles. The topological polar surface area (TPSA) is 106 Å². The van der Waals surface area contributed by atoms with E-state index in [0.717, 1.165) is 31.4 Å². The van der Waals surface area contributed by atoms with Crippen molar-refractivity contribution in [2.75, 3.05) is 18.0 Å². The molecule has 1 aromatic heterocycles. The monoisotopic (exact) mass is 276 g/mol. The van der Waals surface area contributed by atoms with E-state index in [1.165, 1.54) is 5.56 Å². The summed E-state index contributed by atoms with van der Waals surface area (Å²) in [6, 6.07) is 1.95. The van der Waals surface area contributed by atoms with Crippen LogP contribution in [0.15, 0.2) is 6.07 Å². The van der Waals surface area contributed by atoms with Crippen LogP contribution in [0.2, 0.25) is 0 Å². The number of pyridine rings is 1. The molecule has 0 spiro atoms. The number of nitrogen functional groups attached to an aromatic ring is 1. The number of fused-ring (bicyclic) bond motifs is 1. The molecule has 1 aliphatic carbocycles. The van der Waals surface area contributed by atoms with Gasteiger partial charge < -0.3 is 20.8 Å². The van der Waals surface area contributed by atoms with E-state index in [4.69, 9.17) is 11.1 Å². The number of anilines is 1. The first kappa shape index (κ1) is 13.3. The van der Waals surface area contributed by atoms with Gasteiger partial charge in [0.15, 0.2) is 0 Å². The molecule has 1 aliphatic heterocycles.